The number of anilines is 2. The van der Waals surface area contributed by atoms with E-state index in [0.29, 0.717) is 28.8 Å². The molecule has 5 rings (SSSR count). The second-order valence-corrected chi connectivity index (χ2v) is 14.0. The number of carbonyl (C=O) groups is 1. The van der Waals surface area contributed by atoms with Gasteiger partial charge >= 0.3 is 6.09 Å². The summed E-state index contributed by atoms with van der Waals surface area (Å²) in [4.78, 5) is 21.7. The van der Waals surface area contributed by atoms with Crippen molar-refractivity contribution in [1.82, 2.24) is 15.3 Å². The lowest BCUT2D eigenvalue weighted by Crippen LogP contribution is -2.38. The van der Waals surface area contributed by atoms with Crippen molar-refractivity contribution in [2.75, 3.05) is 9.62 Å². The summed E-state index contributed by atoms with van der Waals surface area (Å²) in [6, 6.07) is 13.9. The maximum absolute atomic E-state index is 13.9. The summed E-state index contributed by atoms with van der Waals surface area (Å²) in [5, 5.41) is 6.70. The van der Waals surface area contributed by atoms with Crippen LogP contribution in [-0.2, 0) is 14.8 Å². The first-order chi connectivity index (χ1) is 19.3. The van der Waals surface area contributed by atoms with Gasteiger partial charge in [-0.05, 0) is 77.6 Å². The van der Waals surface area contributed by atoms with Crippen molar-refractivity contribution in [2.45, 2.75) is 88.4 Å². The van der Waals surface area contributed by atoms with E-state index in [9.17, 15) is 13.2 Å². The number of carbonyl (C=O) groups excluding carboxylic acids is 1. The van der Waals surface area contributed by atoms with Crippen LogP contribution in [0.15, 0.2) is 59.6 Å². The van der Waals surface area contributed by atoms with Crippen molar-refractivity contribution in [1.29, 1.82) is 0 Å². The van der Waals surface area contributed by atoms with E-state index in [0.717, 1.165) is 24.0 Å². The fraction of sp³-hybridized carbons (Fsp3) is 0.433. The standard InChI is InChI=1S/C30H36ClN5O4S/c1-18-10-14-22(15-11-18)41(38,39)36-19(2)26(23-8-6-7-9-25(23)36)27-24(31)17-32-28(35-27)33-20-12-13-21(16-20)34-29(37)40-30(3,4)5/h6-11,14-15,17,19-21,26H,12-13,16H2,1-5H3,(H,34,37)(H,32,33,35)/t19?,20-,21+,26?/m0/s1. The largest absolute Gasteiger partial charge is 0.444 e. The Morgan fingerprint density at radius 2 is 1.76 bits per heavy atom. The van der Waals surface area contributed by atoms with Crippen LogP contribution in [0.2, 0.25) is 5.02 Å². The normalized spacial score (nSPS) is 22.3. The number of rotatable bonds is 6. The van der Waals surface area contributed by atoms with Crippen LogP contribution in [0.4, 0.5) is 16.4 Å². The van der Waals surface area contributed by atoms with Gasteiger partial charge in [-0.3, -0.25) is 4.31 Å². The first kappa shape index (κ1) is 29.1. The quantitative estimate of drug-likeness (QED) is 0.357. The van der Waals surface area contributed by atoms with Crippen molar-refractivity contribution in [3.63, 3.8) is 0 Å². The molecule has 11 heteroatoms. The van der Waals surface area contributed by atoms with Crippen LogP contribution in [-0.4, -0.2) is 48.2 Å². The molecule has 1 aromatic heterocycles. The Balaban J connectivity index is 1.38. The molecular formula is C30H36ClN5O4S. The van der Waals surface area contributed by atoms with Gasteiger partial charge in [-0.1, -0.05) is 47.5 Å². The molecule has 218 valence electrons. The molecule has 9 nitrogen and oxygen atoms in total. The Labute approximate surface area is 246 Å². The van der Waals surface area contributed by atoms with E-state index in [2.05, 4.69) is 15.6 Å². The van der Waals surface area contributed by atoms with Gasteiger partial charge in [0.1, 0.15) is 5.60 Å². The molecule has 1 fully saturated rings. The number of aromatic nitrogens is 2. The summed E-state index contributed by atoms with van der Waals surface area (Å²) in [6.07, 6.45) is 3.46. The minimum absolute atomic E-state index is 0.0172. The van der Waals surface area contributed by atoms with Gasteiger partial charge < -0.3 is 15.4 Å². The molecule has 0 spiro atoms. The average molecular weight is 598 g/mol. The molecule has 3 aromatic rings. The summed E-state index contributed by atoms with van der Waals surface area (Å²) < 4.78 is 34.6. The highest BCUT2D eigenvalue weighted by Crippen LogP contribution is 2.48. The Bertz CT molecular complexity index is 1540. The topological polar surface area (TPSA) is 114 Å². The summed E-state index contributed by atoms with van der Waals surface area (Å²) in [6.45, 7) is 9.31. The third-order valence-corrected chi connectivity index (χ3v) is 9.70. The second kappa shape index (κ2) is 11.1. The van der Waals surface area contributed by atoms with E-state index < -0.39 is 33.7 Å². The van der Waals surface area contributed by atoms with E-state index >= 15 is 0 Å². The monoisotopic (exact) mass is 597 g/mol. The zero-order valence-electron chi connectivity index (χ0n) is 23.9. The molecular weight excluding hydrogens is 562 g/mol. The van der Waals surface area contributed by atoms with Crippen LogP contribution in [0.1, 0.15) is 69.7 Å². The zero-order chi connectivity index (χ0) is 29.5. The summed E-state index contributed by atoms with van der Waals surface area (Å²) in [5.41, 5.74) is 2.44. The number of aryl methyl sites for hydroxylation is 1. The SMILES string of the molecule is Cc1ccc(S(=O)(=O)N2c3ccccc3C(c3nc(N[C@H]4CC[C@@H](NC(=O)OC(C)(C)C)C4)ncc3Cl)C2C)cc1. The number of nitrogens with zero attached hydrogens (tertiary/aromatic N) is 3. The van der Waals surface area contributed by atoms with Gasteiger partial charge in [-0.15, -0.1) is 0 Å². The van der Waals surface area contributed by atoms with Crippen LogP contribution in [0.25, 0.3) is 0 Å². The van der Waals surface area contributed by atoms with Crippen molar-refractivity contribution < 1.29 is 17.9 Å². The zero-order valence-corrected chi connectivity index (χ0v) is 25.5. The van der Waals surface area contributed by atoms with Gasteiger partial charge in [-0.2, -0.15) is 0 Å². The number of alkyl carbamates (subject to hydrolysis) is 1. The third kappa shape index (κ3) is 6.13. The lowest BCUT2D eigenvalue weighted by molar-refractivity contribution is 0.0505. The molecule has 2 heterocycles. The minimum atomic E-state index is -3.84. The summed E-state index contributed by atoms with van der Waals surface area (Å²) in [7, 11) is -3.84. The van der Waals surface area contributed by atoms with Crippen molar-refractivity contribution in [3.05, 3.63) is 76.6 Å². The van der Waals surface area contributed by atoms with Crippen LogP contribution in [0.3, 0.4) is 0 Å². The van der Waals surface area contributed by atoms with Gasteiger partial charge in [0.05, 0.1) is 39.5 Å². The fourth-order valence-electron chi connectivity index (χ4n) is 5.68. The van der Waals surface area contributed by atoms with E-state index in [1.807, 2.05) is 58.9 Å². The number of halogens is 1. The Hall–Kier alpha value is -3.37. The Morgan fingerprint density at radius 3 is 2.46 bits per heavy atom. The number of sulfonamides is 1. The number of hydrogen-bond acceptors (Lipinski definition) is 7. The fourth-order valence-corrected chi connectivity index (χ4v) is 7.58. The number of hydrogen-bond donors (Lipinski definition) is 2. The third-order valence-electron chi connectivity index (χ3n) is 7.49. The van der Waals surface area contributed by atoms with E-state index in [1.54, 1.807) is 30.5 Å². The first-order valence-corrected chi connectivity index (χ1v) is 15.6. The van der Waals surface area contributed by atoms with E-state index in [1.165, 1.54) is 4.31 Å². The smallest absolute Gasteiger partial charge is 0.407 e. The number of fused-ring (bicyclic) bond motifs is 1. The minimum Gasteiger partial charge on any atom is -0.444 e. The number of amides is 1. The van der Waals surface area contributed by atoms with E-state index in [4.69, 9.17) is 21.3 Å². The van der Waals surface area contributed by atoms with Crippen LogP contribution < -0.4 is 14.9 Å². The van der Waals surface area contributed by atoms with Gasteiger partial charge in [-0.25, -0.2) is 23.2 Å². The predicted octanol–water partition coefficient (Wildman–Crippen LogP) is 6.03. The highest BCUT2D eigenvalue weighted by molar-refractivity contribution is 7.92. The molecule has 0 bridgehead atoms. The van der Waals surface area contributed by atoms with Crippen molar-refractivity contribution >= 4 is 39.4 Å². The molecule has 2 N–H and O–H groups in total. The molecule has 0 radical (unpaired) electrons. The molecule has 2 unspecified atom stereocenters. The molecule has 1 saturated carbocycles. The van der Waals surface area contributed by atoms with Gasteiger partial charge in [0.25, 0.3) is 10.0 Å². The predicted molar refractivity (Wildman–Crippen MR) is 160 cm³/mol. The number of para-hydroxylation sites is 1. The molecule has 1 aliphatic heterocycles. The summed E-state index contributed by atoms with van der Waals surface area (Å²) in [5.74, 6) is 0.0180. The average Bonchev–Trinajstić information content (AvgIpc) is 3.45. The van der Waals surface area contributed by atoms with Crippen molar-refractivity contribution in [3.8, 4) is 0 Å². The number of benzene rings is 2. The molecule has 41 heavy (non-hydrogen) atoms. The molecule has 0 saturated heterocycles. The molecule has 4 atom stereocenters. The molecule has 2 aromatic carbocycles. The van der Waals surface area contributed by atoms with Crippen LogP contribution in [0, 0.1) is 6.92 Å². The number of ether oxygens (including phenoxy) is 1. The Morgan fingerprint density at radius 1 is 1.07 bits per heavy atom. The molecule has 2 aliphatic rings. The maximum Gasteiger partial charge on any atom is 0.407 e. The van der Waals surface area contributed by atoms with Crippen molar-refractivity contribution in [2.24, 2.45) is 0 Å². The summed E-state index contributed by atoms with van der Waals surface area (Å²) >= 11 is 6.67. The highest BCUT2D eigenvalue weighted by Gasteiger charge is 2.44. The number of nitrogens with one attached hydrogen (secondary N) is 2. The molecule has 1 amide bonds. The maximum atomic E-state index is 13.9. The van der Waals surface area contributed by atoms with Gasteiger partial charge in [0, 0.05) is 12.1 Å². The Kier molecular flexibility index (Phi) is 7.91. The lowest BCUT2D eigenvalue weighted by atomic mass is 9.92. The van der Waals surface area contributed by atoms with Crippen LogP contribution >= 0.6 is 11.6 Å². The highest BCUT2D eigenvalue weighted by atomic mass is 35.5. The molecule has 1 aliphatic carbocycles. The van der Waals surface area contributed by atoms with E-state index in [-0.39, 0.29) is 17.0 Å². The van der Waals surface area contributed by atoms with Gasteiger partial charge in [0.15, 0.2) is 0 Å². The first-order valence-electron chi connectivity index (χ1n) is 13.8. The second-order valence-electron chi connectivity index (χ2n) is 11.8. The van der Waals surface area contributed by atoms with Gasteiger partial charge in [0.2, 0.25) is 5.95 Å². The van der Waals surface area contributed by atoms with Crippen LogP contribution in [0.5, 0.6) is 0 Å². The lowest BCUT2D eigenvalue weighted by Gasteiger charge is -2.27.